The number of carbonyl (C=O) groups is 2. The number of esters is 1. The Kier molecular flexibility index (Phi) is 6.90. The van der Waals surface area contributed by atoms with Crippen molar-refractivity contribution in [1.82, 2.24) is 5.32 Å². The molecule has 0 heterocycles. The number of carbonyl (C=O) groups excluding carboxylic acids is 2. The van der Waals surface area contributed by atoms with E-state index in [1.165, 1.54) is 0 Å². The molecule has 0 radical (unpaired) electrons. The van der Waals surface area contributed by atoms with Crippen LogP contribution in [0.4, 0.5) is 8.68 Å². The maximum Gasteiger partial charge on any atom is 0.407 e. The van der Waals surface area contributed by atoms with Crippen LogP contribution in [0.2, 0.25) is 0 Å². The third-order valence-corrected chi connectivity index (χ3v) is 2.64. The minimum Gasteiger partial charge on any atom is -0.466 e. The van der Waals surface area contributed by atoms with Crippen LogP contribution in [0.25, 0.3) is 0 Å². The smallest absolute Gasteiger partial charge is 0.407 e. The number of rotatable bonds is 6. The minimum atomic E-state index is -4.85. The number of nitrogens with one attached hydrogen (secondary N) is 1. The van der Waals surface area contributed by atoms with E-state index in [4.69, 9.17) is 4.74 Å². The van der Waals surface area contributed by atoms with Gasteiger partial charge in [0.2, 0.25) is 0 Å². The highest BCUT2D eigenvalue weighted by Gasteiger charge is 2.26. The van der Waals surface area contributed by atoms with Gasteiger partial charge in [0.1, 0.15) is 11.4 Å². The zero-order chi connectivity index (χ0) is 16.0. The zero-order valence-corrected chi connectivity index (χ0v) is 12.8. The van der Waals surface area contributed by atoms with Crippen LogP contribution in [0.1, 0.15) is 34.1 Å². The Morgan fingerprint density at radius 2 is 1.85 bits per heavy atom. The molecule has 1 N–H and O–H groups in total. The summed E-state index contributed by atoms with van der Waals surface area (Å²) < 4.78 is 43.5. The van der Waals surface area contributed by atoms with Crippen molar-refractivity contribution in [3.8, 4) is 0 Å². The first kappa shape index (κ1) is 18.6. The van der Waals surface area contributed by atoms with Gasteiger partial charge in [0, 0.05) is 0 Å². The number of ether oxygens (including phenoxy) is 2. The van der Waals surface area contributed by atoms with Crippen LogP contribution in [0, 0.1) is 0 Å². The van der Waals surface area contributed by atoms with Crippen molar-refractivity contribution in [3.63, 3.8) is 0 Å². The second-order valence-corrected chi connectivity index (χ2v) is 6.47. The Balaban J connectivity index is 4.69. The fourth-order valence-corrected chi connectivity index (χ4v) is 1.97. The molecule has 0 aliphatic carbocycles. The number of halogens is 1. The predicted octanol–water partition coefficient (Wildman–Crippen LogP) is 1.13. The second-order valence-electron chi connectivity index (χ2n) is 5.06. The van der Waals surface area contributed by atoms with E-state index in [1.807, 2.05) is 0 Å². The molecule has 20 heavy (non-hydrogen) atoms. The van der Waals surface area contributed by atoms with Gasteiger partial charge in [-0.05, 0) is 27.7 Å². The third kappa shape index (κ3) is 10.5. The van der Waals surface area contributed by atoms with Gasteiger partial charge in [-0.15, -0.1) is 3.89 Å². The molecule has 0 aromatic heterocycles. The van der Waals surface area contributed by atoms with E-state index in [0.717, 1.165) is 0 Å². The average Bonchev–Trinajstić information content (AvgIpc) is 2.10. The molecule has 1 unspecified atom stereocenters. The van der Waals surface area contributed by atoms with Crippen LogP contribution in [0.3, 0.4) is 0 Å². The van der Waals surface area contributed by atoms with Crippen molar-refractivity contribution in [2.45, 2.75) is 45.8 Å². The fourth-order valence-electron chi connectivity index (χ4n) is 1.29. The van der Waals surface area contributed by atoms with E-state index in [-0.39, 0.29) is 6.61 Å². The normalized spacial score (nSPS) is 13.4. The summed E-state index contributed by atoms with van der Waals surface area (Å²) in [7, 11) is -4.85. The molecule has 0 fully saturated rings. The largest absolute Gasteiger partial charge is 0.466 e. The van der Waals surface area contributed by atoms with Gasteiger partial charge in [-0.25, -0.2) is 4.79 Å². The zero-order valence-electron chi connectivity index (χ0n) is 11.9. The first-order valence-corrected chi connectivity index (χ1v) is 7.55. The summed E-state index contributed by atoms with van der Waals surface area (Å²) in [5, 5.41) is 2.14. The summed E-state index contributed by atoms with van der Waals surface area (Å²) in [6.07, 6.45) is -1.40. The SMILES string of the molecule is CCOC(=O)CC(CS(=O)(=O)F)NC(=O)OC(C)(C)C. The van der Waals surface area contributed by atoms with E-state index in [1.54, 1.807) is 27.7 Å². The molecule has 0 spiro atoms. The highest BCUT2D eigenvalue weighted by Crippen LogP contribution is 2.08. The van der Waals surface area contributed by atoms with E-state index in [9.17, 15) is 21.9 Å². The molecule has 0 aromatic carbocycles. The number of alkyl carbamates (subject to hydrolysis) is 1. The number of hydrogen-bond donors (Lipinski definition) is 1. The monoisotopic (exact) mass is 313 g/mol. The van der Waals surface area contributed by atoms with Crippen molar-refractivity contribution < 1.29 is 31.4 Å². The summed E-state index contributed by atoms with van der Waals surface area (Å²) in [4.78, 5) is 22.8. The molecule has 0 saturated carbocycles. The van der Waals surface area contributed by atoms with Crippen molar-refractivity contribution in [3.05, 3.63) is 0 Å². The number of amides is 1. The van der Waals surface area contributed by atoms with E-state index in [0.29, 0.717) is 0 Å². The molecular weight excluding hydrogens is 293 g/mol. The molecular formula is C11H20FNO6S. The number of hydrogen-bond acceptors (Lipinski definition) is 6. The quantitative estimate of drug-likeness (QED) is 0.583. The molecule has 1 atom stereocenters. The Morgan fingerprint density at radius 3 is 2.25 bits per heavy atom. The molecule has 7 nitrogen and oxygen atoms in total. The van der Waals surface area contributed by atoms with Gasteiger partial charge < -0.3 is 14.8 Å². The lowest BCUT2D eigenvalue weighted by molar-refractivity contribution is -0.143. The van der Waals surface area contributed by atoms with Crippen LogP contribution in [0.15, 0.2) is 0 Å². The van der Waals surface area contributed by atoms with Crippen LogP contribution < -0.4 is 5.32 Å². The van der Waals surface area contributed by atoms with Crippen molar-refractivity contribution in [2.75, 3.05) is 12.4 Å². The summed E-state index contributed by atoms with van der Waals surface area (Å²) in [5.74, 6) is -1.76. The molecule has 0 aromatic rings. The first-order chi connectivity index (χ1) is 8.93. The molecule has 9 heteroatoms. The van der Waals surface area contributed by atoms with E-state index >= 15 is 0 Å². The summed E-state index contributed by atoms with van der Waals surface area (Å²) in [5.41, 5.74) is -0.798. The lowest BCUT2D eigenvalue weighted by Crippen LogP contribution is -2.43. The van der Waals surface area contributed by atoms with Crippen molar-refractivity contribution in [1.29, 1.82) is 0 Å². The van der Waals surface area contributed by atoms with Crippen LogP contribution in [0.5, 0.6) is 0 Å². The average molecular weight is 313 g/mol. The lowest BCUT2D eigenvalue weighted by atomic mass is 10.2. The lowest BCUT2D eigenvalue weighted by Gasteiger charge is -2.22. The highest BCUT2D eigenvalue weighted by molar-refractivity contribution is 7.86. The van der Waals surface area contributed by atoms with Crippen molar-refractivity contribution >= 4 is 22.3 Å². The van der Waals surface area contributed by atoms with Gasteiger partial charge >= 0.3 is 22.3 Å². The standard InChI is InChI=1S/C11H20FNO6S/c1-5-18-9(14)6-8(7-20(12,16)17)13-10(15)19-11(2,3)4/h8H,5-7H2,1-4H3,(H,13,15). The fraction of sp³-hybridized carbons (Fsp3) is 0.818. The molecule has 118 valence electrons. The maximum absolute atomic E-state index is 12.7. The first-order valence-electron chi connectivity index (χ1n) is 6.00. The van der Waals surface area contributed by atoms with Crippen LogP contribution in [-0.4, -0.2) is 44.5 Å². The third-order valence-electron chi connectivity index (χ3n) is 1.84. The predicted molar refractivity (Wildman–Crippen MR) is 69.3 cm³/mol. The Morgan fingerprint density at radius 1 is 1.30 bits per heavy atom. The maximum atomic E-state index is 12.7. The Labute approximate surface area is 118 Å². The van der Waals surface area contributed by atoms with E-state index < -0.39 is 46.1 Å². The second kappa shape index (κ2) is 7.41. The van der Waals surface area contributed by atoms with Crippen LogP contribution in [-0.2, 0) is 24.5 Å². The highest BCUT2D eigenvalue weighted by atomic mass is 32.3. The van der Waals surface area contributed by atoms with Gasteiger partial charge in [-0.2, -0.15) is 8.42 Å². The molecule has 0 aliphatic heterocycles. The molecule has 1 amide bonds. The van der Waals surface area contributed by atoms with Gasteiger partial charge in [0.25, 0.3) is 0 Å². The Hall–Kier alpha value is -1.38. The van der Waals surface area contributed by atoms with Gasteiger partial charge in [0.05, 0.1) is 19.1 Å². The van der Waals surface area contributed by atoms with Gasteiger partial charge in [-0.3, -0.25) is 4.79 Å². The van der Waals surface area contributed by atoms with E-state index in [2.05, 4.69) is 10.1 Å². The van der Waals surface area contributed by atoms with Gasteiger partial charge in [-0.1, -0.05) is 0 Å². The summed E-state index contributed by atoms with van der Waals surface area (Å²) >= 11 is 0. The van der Waals surface area contributed by atoms with Gasteiger partial charge in [0.15, 0.2) is 0 Å². The summed E-state index contributed by atoms with van der Waals surface area (Å²) in [6, 6.07) is -1.25. The molecule has 0 aliphatic rings. The van der Waals surface area contributed by atoms with Crippen LogP contribution >= 0.6 is 0 Å². The van der Waals surface area contributed by atoms with Crippen molar-refractivity contribution in [2.24, 2.45) is 0 Å². The molecule has 0 bridgehead atoms. The molecule has 0 rings (SSSR count). The topological polar surface area (TPSA) is 98.8 Å². The minimum absolute atomic E-state index is 0.0976. The summed E-state index contributed by atoms with van der Waals surface area (Å²) in [6.45, 7) is 6.50. The molecule has 0 saturated heterocycles. The Bertz CT molecular complexity index is 442.